The minimum Gasteiger partial charge on any atom is -0.456 e. The molecule has 98 valence electrons. The van der Waals surface area contributed by atoms with Crippen molar-refractivity contribution in [2.75, 3.05) is 0 Å². The van der Waals surface area contributed by atoms with Crippen molar-refractivity contribution < 1.29 is 9.53 Å². The predicted molar refractivity (Wildman–Crippen MR) is 70.8 cm³/mol. The molecule has 0 aromatic heterocycles. The third kappa shape index (κ3) is 4.18. The fourth-order valence-electron chi connectivity index (χ4n) is 2.53. The Morgan fingerprint density at radius 3 is 2.24 bits per heavy atom. The van der Waals surface area contributed by atoms with Crippen LogP contribution in [0, 0.1) is 5.41 Å². The summed E-state index contributed by atoms with van der Waals surface area (Å²) in [5.74, 6) is -0.191. The van der Waals surface area contributed by atoms with Crippen LogP contribution in [0.4, 0.5) is 0 Å². The van der Waals surface area contributed by atoms with Gasteiger partial charge in [-0.2, -0.15) is 0 Å². The van der Waals surface area contributed by atoms with Crippen LogP contribution >= 0.6 is 0 Å². The van der Waals surface area contributed by atoms with Crippen molar-refractivity contribution in [1.82, 2.24) is 0 Å². The second kappa shape index (κ2) is 5.24. The van der Waals surface area contributed by atoms with Crippen LogP contribution in [0.5, 0.6) is 0 Å². The monoisotopic (exact) mass is 238 g/mol. The number of ether oxygens (including phenoxy) is 1. The van der Waals surface area contributed by atoms with Gasteiger partial charge in [0.05, 0.1) is 0 Å². The highest BCUT2D eigenvalue weighted by atomic mass is 16.6. The van der Waals surface area contributed by atoms with Gasteiger partial charge < -0.3 is 4.74 Å². The highest BCUT2D eigenvalue weighted by Gasteiger charge is 2.36. The van der Waals surface area contributed by atoms with E-state index in [2.05, 4.69) is 34.3 Å². The van der Waals surface area contributed by atoms with Crippen molar-refractivity contribution in [2.45, 2.75) is 71.8 Å². The van der Waals surface area contributed by atoms with Gasteiger partial charge in [0.1, 0.15) is 5.60 Å². The fraction of sp³-hybridized carbons (Fsp3) is 0.800. The zero-order valence-corrected chi connectivity index (χ0v) is 11.8. The van der Waals surface area contributed by atoms with Crippen LogP contribution in [0.25, 0.3) is 0 Å². The molecule has 0 unspecified atom stereocenters. The van der Waals surface area contributed by atoms with Crippen molar-refractivity contribution in [1.29, 1.82) is 0 Å². The van der Waals surface area contributed by atoms with Crippen LogP contribution in [0.3, 0.4) is 0 Å². The molecule has 0 aliphatic heterocycles. The molecule has 0 N–H and O–H groups in total. The number of hydrogen-bond donors (Lipinski definition) is 0. The molecule has 0 amide bonds. The van der Waals surface area contributed by atoms with Gasteiger partial charge in [0, 0.05) is 5.57 Å². The van der Waals surface area contributed by atoms with Crippen LogP contribution in [0.15, 0.2) is 12.2 Å². The second-order valence-electron chi connectivity index (χ2n) is 6.47. The molecule has 1 rings (SSSR count). The van der Waals surface area contributed by atoms with Crippen molar-refractivity contribution in [3.8, 4) is 0 Å². The Morgan fingerprint density at radius 2 is 1.82 bits per heavy atom. The Labute approximate surface area is 105 Å². The van der Waals surface area contributed by atoms with Gasteiger partial charge in [-0.1, -0.05) is 34.3 Å². The largest absolute Gasteiger partial charge is 0.456 e. The molecule has 0 aromatic carbocycles. The van der Waals surface area contributed by atoms with Crippen LogP contribution < -0.4 is 0 Å². The molecule has 0 aromatic rings. The summed E-state index contributed by atoms with van der Waals surface area (Å²) in [6.45, 7) is 12.3. The van der Waals surface area contributed by atoms with E-state index in [4.69, 9.17) is 4.74 Å². The normalized spacial score (nSPS) is 19.1. The summed E-state index contributed by atoms with van der Waals surface area (Å²) in [7, 11) is 0. The molecule has 0 radical (unpaired) electrons. The minimum absolute atomic E-state index is 0.0884. The molecule has 0 atom stereocenters. The van der Waals surface area contributed by atoms with E-state index < -0.39 is 0 Å². The summed E-state index contributed by atoms with van der Waals surface area (Å²) in [5, 5.41) is 0. The summed E-state index contributed by atoms with van der Waals surface area (Å²) in [4.78, 5) is 12.0. The molecule has 17 heavy (non-hydrogen) atoms. The van der Waals surface area contributed by atoms with E-state index in [9.17, 15) is 4.79 Å². The van der Waals surface area contributed by atoms with E-state index in [0.29, 0.717) is 12.0 Å². The van der Waals surface area contributed by atoms with Gasteiger partial charge in [-0.05, 0) is 43.9 Å². The molecule has 2 nitrogen and oxygen atoms in total. The van der Waals surface area contributed by atoms with Gasteiger partial charge in [-0.3, -0.25) is 0 Å². The minimum atomic E-state index is -0.197. The summed E-state index contributed by atoms with van der Waals surface area (Å²) in [6.07, 6.45) is 5.99. The number of rotatable bonds is 4. The van der Waals surface area contributed by atoms with Crippen molar-refractivity contribution >= 4 is 5.97 Å². The average Bonchev–Trinajstić information content (AvgIpc) is 2.64. The van der Waals surface area contributed by atoms with E-state index in [1.54, 1.807) is 0 Å². The molecular formula is C15H26O2. The Kier molecular flexibility index (Phi) is 4.40. The van der Waals surface area contributed by atoms with E-state index >= 15 is 0 Å². The number of esters is 1. The molecular weight excluding hydrogens is 212 g/mol. The number of carbonyl (C=O) groups excluding carboxylic acids is 1. The van der Waals surface area contributed by atoms with Gasteiger partial charge in [0.15, 0.2) is 0 Å². The lowest BCUT2D eigenvalue weighted by Gasteiger charge is -2.29. The molecule has 0 heterocycles. The topological polar surface area (TPSA) is 26.3 Å². The standard InChI is InChI=1S/C15H26O2/c1-6-15(9-7-8-10-15)17-13(16)12(2)11-14(3,4)5/h2,6-11H2,1,3-5H3. The Morgan fingerprint density at radius 1 is 1.29 bits per heavy atom. The fourth-order valence-corrected chi connectivity index (χ4v) is 2.53. The smallest absolute Gasteiger partial charge is 0.333 e. The third-order valence-electron chi connectivity index (χ3n) is 3.50. The SMILES string of the molecule is C=C(CC(C)(C)C)C(=O)OC1(CC)CCCC1. The van der Waals surface area contributed by atoms with Gasteiger partial charge in [0.25, 0.3) is 0 Å². The first-order chi connectivity index (χ1) is 7.78. The molecule has 0 bridgehead atoms. The molecule has 1 aliphatic carbocycles. The summed E-state index contributed by atoms with van der Waals surface area (Å²) in [5.41, 5.74) is 0.500. The van der Waals surface area contributed by atoms with E-state index in [1.807, 2.05) is 0 Å². The zero-order valence-electron chi connectivity index (χ0n) is 11.8. The van der Waals surface area contributed by atoms with E-state index in [0.717, 1.165) is 19.3 Å². The molecule has 1 fully saturated rings. The van der Waals surface area contributed by atoms with Gasteiger partial charge in [0.2, 0.25) is 0 Å². The molecule has 1 saturated carbocycles. The Bertz CT molecular complexity index is 291. The second-order valence-corrected chi connectivity index (χ2v) is 6.47. The third-order valence-corrected chi connectivity index (χ3v) is 3.50. The Balaban J connectivity index is 2.56. The lowest BCUT2D eigenvalue weighted by Crippen LogP contribution is -2.32. The Hall–Kier alpha value is -0.790. The highest BCUT2D eigenvalue weighted by molar-refractivity contribution is 5.88. The first kappa shape index (κ1) is 14.3. The van der Waals surface area contributed by atoms with Crippen molar-refractivity contribution in [2.24, 2.45) is 5.41 Å². The van der Waals surface area contributed by atoms with Crippen molar-refractivity contribution in [3.63, 3.8) is 0 Å². The van der Waals surface area contributed by atoms with Crippen LogP contribution in [0.2, 0.25) is 0 Å². The maximum absolute atomic E-state index is 12.0. The summed E-state index contributed by atoms with van der Waals surface area (Å²) in [6, 6.07) is 0. The zero-order chi connectivity index (χ0) is 13.1. The molecule has 1 aliphatic rings. The quantitative estimate of drug-likeness (QED) is 0.541. The lowest BCUT2D eigenvalue weighted by atomic mass is 9.88. The lowest BCUT2D eigenvalue weighted by molar-refractivity contribution is -0.155. The summed E-state index contributed by atoms with van der Waals surface area (Å²) < 4.78 is 5.72. The first-order valence-corrected chi connectivity index (χ1v) is 6.69. The van der Waals surface area contributed by atoms with E-state index in [1.165, 1.54) is 12.8 Å². The molecule has 2 heteroatoms. The average molecular weight is 238 g/mol. The van der Waals surface area contributed by atoms with E-state index in [-0.39, 0.29) is 17.0 Å². The van der Waals surface area contributed by atoms with Crippen LogP contribution in [-0.2, 0) is 9.53 Å². The van der Waals surface area contributed by atoms with Crippen LogP contribution in [0.1, 0.15) is 66.2 Å². The summed E-state index contributed by atoms with van der Waals surface area (Å²) >= 11 is 0. The van der Waals surface area contributed by atoms with Crippen LogP contribution in [-0.4, -0.2) is 11.6 Å². The van der Waals surface area contributed by atoms with Gasteiger partial charge >= 0.3 is 5.97 Å². The highest BCUT2D eigenvalue weighted by Crippen LogP contribution is 2.37. The van der Waals surface area contributed by atoms with Gasteiger partial charge in [-0.15, -0.1) is 0 Å². The van der Waals surface area contributed by atoms with Crippen molar-refractivity contribution in [3.05, 3.63) is 12.2 Å². The number of carbonyl (C=O) groups is 1. The maximum Gasteiger partial charge on any atom is 0.333 e. The molecule has 0 spiro atoms. The van der Waals surface area contributed by atoms with Gasteiger partial charge in [-0.25, -0.2) is 4.79 Å². The predicted octanol–water partition coefficient (Wildman–Crippen LogP) is 4.24. The first-order valence-electron chi connectivity index (χ1n) is 6.69. The number of hydrogen-bond acceptors (Lipinski definition) is 2. The maximum atomic E-state index is 12.0. The molecule has 0 saturated heterocycles.